The summed E-state index contributed by atoms with van der Waals surface area (Å²) in [5.74, 6) is -1.90. The zero-order valence-electron chi connectivity index (χ0n) is 20.3. The first-order valence-corrected chi connectivity index (χ1v) is 13.2. The summed E-state index contributed by atoms with van der Waals surface area (Å²) in [5, 5.41) is 48.5. The molecule has 14 nitrogen and oxygen atoms in total. The van der Waals surface area contributed by atoms with Crippen molar-refractivity contribution in [1.29, 1.82) is 0 Å². The highest BCUT2D eigenvalue weighted by molar-refractivity contribution is 7.94. The minimum atomic E-state index is -4.89. The van der Waals surface area contributed by atoms with Gasteiger partial charge >= 0.3 is 5.97 Å². The Labute approximate surface area is 230 Å². The van der Waals surface area contributed by atoms with Crippen molar-refractivity contribution in [2.45, 2.75) is 16.7 Å². The molecule has 0 saturated heterocycles. The smallest absolute Gasteiger partial charge is 0.337 e. The van der Waals surface area contributed by atoms with Crippen molar-refractivity contribution in [2.75, 3.05) is 5.73 Å². The zero-order chi connectivity index (χ0) is 29.0. The molecule has 0 aliphatic rings. The molecule has 16 heteroatoms. The molecule has 0 heterocycles. The Morgan fingerprint density at radius 3 is 2.30 bits per heavy atom. The van der Waals surface area contributed by atoms with Gasteiger partial charge in [-0.2, -0.15) is 13.5 Å². The Morgan fingerprint density at radius 2 is 1.65 bits per heavy atom. The van der Waals surface area contributed by atoms with Crippen molar-refractivity contribution in [2.24, 2.45) is 20.5 Å². The molecular formula is C24H19N5O9S2. The molecule has 206 valence electrons. The third-order valence-electron chi connectivity index (χ3n) is 5.44. The molecule has 4 rings (SSSR count). The summed E-state index contributed by atoms with van der Waals surface area (Å²) < 4.78 is 38.8. The first-order valence-electron chi connectivity index (χ1n) is 11.0. The Hall–Kier alpha value is -4.45. The van der Waals surface area contributed by atoms with Crippen LogP contribution in [-0.4, -0.2) is 34.4 Å². The molecule has 0 atom stereocenters. The molecule has 4 aromatic carbocycles. The number of carboxylic acids is 1. The van der Waals surface area contributed by atoms with Gasteiger partial charge in [-0.3, -0.25) is 4.55 Å². The number of rotatable bonds is 9. The van der Waals surface area contributed by atoms with Crippen LogP contribution in [0.3, 0.4) is 0 Å². The maximum Gasteiger partial charge on any atom is 0.337 e. The summed E-state index contributed by atoms with van der Waals surface area (Å²) in [6.45, 7) is 1.86. The molecule has 0 bridgehead atoms. The largest absolute Gasteiger partial charge is 0.505 e. The summed E-state index contributed by atoms with van der Waals surface area (Å²) in [7, 11) is -4.89. The summed E-state index contributed by atoms with van der Waals surface area (Å²) in [5.41, 5.74) is 6.20. The molecule has 0 fully saturated rings. The van der Waals surface area contributed by atoms with E-state index in [4.69, 9.17) is 11.0 Å². The predicted molar refractivity (Wildman–Crippen MR) is 143 cm³/mol. The predicted octanol–water partition coefficient (Wildman–Crippen LogP) is 6.64. The van der Waals surface area contributed by atoms with Crippen LogP contribution >= 0.6 is 12.0 Å². The van der Waals surface area contributed by atoms with Gasteiger partial charge in [0.2, 0.25) is 0 Å². The van der Waals surface area contributed by atoms with E-state index in [0.717, 1.165) is 11.6 Å². The van der Waals surface area contributed by atoms with Crippen molar-refractivity contribution in [3.63, 3.8) is 0 Å². The highest BCUT2D eigenvalue weighted by Gasteiger charge is 2.25. The number of carbonyl (C=O) groups is 1. The maximum atomic E-state index is 12.2. The summed E-state index contributed by atoms with van der Waals surface area (Å²) in [6.07, 6.45) is 0. The van der Waals surface area contributed by atoms with Crippen molar-refractivity contribution in [3.8, 4) is 5.75 Å². The Bertz CT molecular complexity index is 1780. The Morgan fingerprint density at radius 1 is 0.975 bits per heavy atom. The molecule has 0 aliphatic carbocycles. The van der Waals surface area contributed by atoms with Gasteiger partial charge in [0.25, 0.3) is 10.1 Å². The SMILES string of the molecule is Cc1ccc(N=Nc2c(S(=O)(=O)O)cc3cc(SOOO)c(N=Nc4ccccc4C(=O)O)c(O)c3c2N)cc1. The number of nitrogens with two attached hydrogens (primary N) is 1. The fraction of sp³-hybridized carbons (Fsp3) is 0.0417. The normalized spacial score (nSPS) is 12.1. The van der Waals surface area contributed by atoms with E-state index in [-0.39, 0.29) is 38.3 Å². The average molecular weight is 586 g/mol. The van der Waals surface area contributed by atoms with E-state index in [0.29, 0.717) is 17.7 Å². The molecule has 0 amide bonds. The number of nitrogens with zero attached hydrogens (tertiary/aromatic N) is 4. The number of nitrogen functional groups attached to an aromatic ring is 1. The van der Waals surface area contributed by atoms with Gasteiger partial charge in [0, 0.05) is 0 Å². The van der Waals surface area contributed by atoms with Crippen LogP contribution in [0.2, 0.25) is 0 Å². The number of phenols is 1. The van der Waals surface area contributed by atoms with Gasteiger partial charge in [-0.15, -0.1) is 19.7 Å². The van der Waals surface area contributed by atoms with Crippen LogP contribution in [0.15, 0.2) is 90.9 Å². The van der Waals surface area contributed by atoms with Crippen LogP contribution in [0.4, 0.5) is 28.4 Å². The van der Waals surface area contributed by atoms with E-state index < -0.39 is 32.4 Å². The van der Waals surface area contributed by atoms with Crippen molar-refractivity contribution >= 4 is 67.3 Å². The van der Waals surface area contributed by atoms with Crippen LogP contribution in [0, 0.1) is 6.92 Å². The van der Waals surface area contributed by atoms with Crippen LogP contribution in [0.1, 0.15) is 15.9 Å². The highest BCUT2D eigenvalue weighted by atomic mass is 32.2. The van der Waals surface area contributed by atoms with Crippen LogP contribution in [0.25, 0.3) is 10.8 Å². The van der Waals surface area contributed by atoms with E-state index in [1.807, 2.05) is 6.92 Å². The molecule has 6 N–H and O–H groups in total. The monoisotopic (exact) mass is 585 g/mol. The van der Waals surface area contributed by atoms with Crippen LogP contribution < -0.4 is 5.73 Å². The van der Waals surface area contributed by atoms with Crippen molar-refractivity contribution in [1.82, 2.24) is 0 Å². The lowest BCUT2D eigenvalue weighted by Gasteiger charge is -2.14. The molecule has 0 spiro atoms. The summed E-state index contributed by atoms with van der Waals surface area (Å²) in [4.78, 5) is 10.8. The molecule has 0 unspecified atom stereocenters. The first kappa shape index (κ1) is 28.6. The lowest BCUT2D eigenvalue weighted by atomic mass is 10.1. The summed E-state index contributed by atoms with van der Waals surface area (Å²) >= 11 is 0.357. The van der Waals surface area contributed by atoms with Gasteiger partial charge in [0.15, 0.2) is 5.75 Å². The Balaban J connectivity index is 1.97. The number of aromatic hydroxyl groups is 1. The second kappa shape index (κ2) is 11.7. The molecule has 0 aliphatic heterocycles. The van der Waals surface area contributed by atoms with Gasteiger partial charge in [0.05, 0.1) is 39.3 Å². The second-order valence-corrected chi connectivity index (χ2v) is 10.2. The molecule has 0 saturated carbocycles. The van der Waals surface area contributed by atoms with Crippen molar-refractivity contribution < 1.29 is 42.6 Å². The van der Waals surface area contributed by atoms with Gasteiger partial charge in [-0.25, -0.2) is 10.1 Å². The fourth-order valence-electron chi connectivity index (χ4n) is 3.59. The third-order valence-corrected chi connectivity index (χ3v) is 6.92. The fourth-order valence-corrected chi connectivity index (χ4v) is 4.75. The average Bonchev–Trinajstić information content (AvgIpc) is 2.91. The number of phenolic OH excluding ortho intramolecular Hbond substituents is 1. The first-order chi connectivity index (χ1) is 19.0. The zero-order valence-corrected chi connectivity index (χ0v) is 21.9. The molecule has 4 aromatic rings. The Kier molecular flexibility index (Phi) is 8.38. The number of hydrogen-bond acceptors (Lipinski definition) is 13. The second-order valence-electron chi connectivity index (χ2n) is 8.07. The van der Waals surface area contributed by atoms with Crippen LogP contribution in [-0.2, 0) is 19.5 Å². The third kappa shape index (κ3) is 6.07. The number of anilines is 1. The molecule has 40 heavy (non-hydrogen) atoms. The number of carboxylic acid groups (broad SMARTS) is 1. The quantitative estimate of drug-likeness (QED) is 0.0349. The minimum absolute atomic E-state index is 0.00848. The topological polar surface area (TPSA) is 226 Å². The number of fused-ring (bicyclic) bond motifs is 1. The minimum Gasteiger partial charge on any atom is -0.505 e. The number of azo groups is 2. The number of benzene rings is 4. The van der Waals surface area contributed by atoms with E-state index in [1.54, 1.807) is 24.3 Å². The number of hydrogen-bond donors (Lipinski definition) is 5. The number of aryl methyl sites for hydroxylation is 1. The molecular weight excluding hydrogens is 566 g/mol. The number of aromatic carboxylic acids is 1. The summed E-state index contributed by atoms with van der Waals surface area (Å²) in [6, 6.07) is 14.7. The van der Waals surface area contributed by atoms with Gasteiger partial charge < -0.3 is 15.9 Å². The highest BCUT2D eigenvalue weighted by Crippen LogP contribution is 2.49. The maximum absolute atomic E-state index is 12.2. The van der Waals surface area contributed by atoms with Crippen LogP contribution in [0.5, 0.6) is 5.75 Å². The lowest BCUT2D eigenvalue weighted by molar-refractivity contribution is -0.432. The lowest BCUT2D eigenvalue weighted by Crippen LogP contribution is -2.02. The molecule has 0 radical (unpaired) electrons. The molecule has 0 aromatic heterocycles. The van der Waals surface area contributed by atoms with Gasteiger partial charge in [-0.05, 0) is 48.7 Å². The van der Waals surface area contributed by atoms with E-state index in [1.165, 1.54) is 30.3 Å². The van der Waals surface area contributed by atoms with E-state index >= 15 is 0 Å². The standard InChI is InChI=1S/C24H19N5O9S2/c1-12-6-8-14(9-7-12)26-29-22-18(40(34,35)36)11-13-10-17(39-38-37-33)21(23(30)19(13)20(22)25)28-27-16-5-3-2-4-15(16)24(31)32/h2-11,30,33H,25H2,1H3,(H,31,32)(H,34,35,36). The van der Waals surface area contributed by atoms with Gasteiger partial charge in [-0.1, -0.05) is 34.9 Å². The van der Waals surface area contributed by atoms with Crippen molar-refractivity contribution in [3.05, 3.63) is 71.8 Å². The van der Waals surface area contributed by atoms with E-state index in [9.17, 15) is 28.0 Å². The van der Waals surface area contributed by atoms with Gasteiger partial charge in [0.1, 0.15) is 22.0 Å². The van der Waals surface area contributed by atoms with E-state index in [2.05, 4.69) is 29.8 Å².